The van der Waals surface area contributed by atoms with Crippen LogP contribution in [0.1, 0.15) is 118 Å². The summed E-state index contributed by atoms with van der Waals surface area (Å²) in [4.78, 5) is 12.3. The molecule has 2 rings (SSSR count). The normalized spacial score (nSPS) is 27.7. The predicted octanol–water partition coefficient (Wildman–Crippen LogP) is 7.66. The molecule has 0 aromatic heterocycles. The highest BCUT2D eigenvalue weighted by atomic mass is 16.3. The minimum absolute atomic E-state index is 0.101. The van der Waals surface area contributed by atoms with Crippen molar-refractivity contribution in [1.29, 1.82) is 0 Å². The molecule has 3 atom stereocenters. The molecule has 0 bridgehead atoms. The maximum absolute atomic E-state index is 12.3. The average Bonchev–Trinajstić information content (AvgIpc) is 2.72. The van der Waals surface area contributed by atoms with Gasteiger partial charge in [0.1, 0.15) is 0 Å². The van der Waals surface area contributed by atoms with E-state index in [0.717, 1.165) is 12.8 Å². The lowest BCUT2D eigenvalue weighted by Crippen LogP contribution is -2.43. The van der Waals surface area contributed by atoms with E-state index in [1.165, 1.54) is 68.9 Å². The number of aliphatic hydroxyl groups is 1. The van der Waals surface area contributed by atoms with E-state index in [1.807, 2.05) is 13.8 Å². The van der Waals surface area contributed by atoms with Crippen LogP contribution < -0.4 is 5.32 Å². The number of carbonyl (C=O) groups excluding carboxylic acids is 1. The van der Waals surface area contributed by atoms with Gasteiger partial charge in [0.25, 0.3) is 0 Å². The Morgan fingerprint density at radius 3 is 2.64 bits per heavy atom. The number of hydrogen-bond donors (Lipinski definition) is 2. The number of allylic oxidation sites excluding steroid dienone is 5. The molecule has 3 unspecified atom stereocenters. The van der Waals surface area contributed by atoms with Crippen LogP contribution >= 0.6 is 0 Å². The van der Waals surface area contributed by atoms with Gasteiger partial charge in [-0.15, -0.1) is 0 Å². The van der Waals surface area contributed by atoms with Crippen molar-refractivity contribution in [2.45, 2.75) is 124 Å². The second-order valence-corrected chi connectivity index (χ2v) is 11.8. The number of nitrogens with one attached hydrogen (secondary N) is 1. The first kappa shape index (κ1) is 27.9. The van der Waals surface area contributed by atoms with E-state index in [-0.39, 0.29) is 18.1 Å². The van der Waals surface area contributed by atoms with Crippen molar-refractivity contribution in [2.75, 3.05) is 6.61 Å². The molecule has 0 spiro atoms. The fraction of sp³-hybridized carbons (Fsp3) is 0.767. The maximum Gasteiger partial charge on any atom is 0.220 e. The van der Waals surface area contributed by atoms with E-state index in [4.69, 9.17) is 5.11 Å². The van der Waals surface area contributed by atoms with E-state index < -0.39 is 0 Å². The summed E-state index contributed by atoms with van der Waals surface area (Å²) in [5.41, 5.74) is 4.50. The summed E-state index contributed by atoms with van der Waals surface area (Å²) in [5.74, 6) is 1.39. The molecule has 2 N–H and O–H groups in total. The summed E-state index contributed by atoms with van der Waals surface area (Å²) >= 11 is 0. The minimum atomic E-state index is -0.330. The van der Waals surface area contributed by atoms with Crippen molar-refractivity contribution < 1.29 is 9.90 Å². The maximum atomic E-state index is 12.3. The van der Waals surface area contributed by atoms with E-state index in [9.17, 15) is 4.79 Å². The third kappa shape index (κ3) is 8.74. The molecule has 2 aliphatic carbocycles. The zero-order valence-electron chi connectivity index (χ0n) is 22.3. The van der Waals surface area contributed by atoms with Crippen molar-refractivity contribution in [1.82, 2.24) is 5.32 Å². The van der Waals surface area contributed by atoms with Crippen molar-refractivity contribution >= 4 is 5.91 Å². The minimum Gasteiger partial charge on any atom is -0.396 e. The second-order valence-electron chi connectivity index (χ2n) is 11.8. The molecule has 0 aromatic rings. The summed E-state index contributed by atoms with van der Waals surface area (Å²) in [6.07, 6.45) is 19.3. The second kappa shape index (κ2) is 12.9. The van der Waals surface area contributed by atoms with Gasteiger partial charge >= 0.3 is 0 Å². The van der Waals surface area contributed by atoms with Gasteiger partial charge in [-0.25, -0.2) is 0 Å². The van der Waals surface area contributed by atoms with Crippen molar-refractivity contribution in [3.05, 3.63) is 35.5 Å². The number of aliphatic hydroxyl groups excluding tert-OH is 1. The van der Waals surface area contributed by atoms with Crippen molar-refractivity contribution in [3.8, 4) is 0 Å². The Morgan fingerprint density at radius 2 is 1.97 bits per heavy atom. The Bertz CT molecular complexity index is 717. The molecule has 3 heteroatoms. The van der Waals surface area contributed by atoms with E-state index >= 15 is 0 Å². The van der Waals surface area contributed by atoms with E-state index in [1.54, 1.807) is 5.57 Å². The first-order valence-electron chi connectivity index (χ1n) is 13.6. The standard InChI is InChI=1S/C30H51NO2/c1-7-27-26(18-17-25-14-9-8-13-24(25)3)15-11-19-30(27,6)22-23(2)12-10-16-28(33)31-29(4,5)20-21-32/h17-18,23,27,32H,3,7-16,19-22H2,1-2,4-6H3,(H,31,33). The number of amides is 1. The highest BCUT2D eigenvalue weighted by molar-refractivity contribution is 5.76. The van der Waals surface area contributed by atoms with Crippen LogP contribution in [0.5, 0.6) is 0 Å². The topological polar surface area (TPSA) is 49.3 Å². The monoisotopic (exact) mass is 457 g/mol. The van der Waals surface area contributed by atoms with Crippen molar-refractivity contribution in [2.24, 2.45) is 17.3 Å². The van der Waals surface area contributed by atoms with Gasteiger partial charge in [-0.2, -0.15) is 0 Å². The molecule has 0 aromatic carbocycles. The Morgan fingerprint density at radius 1 is 1.24 bits per heavy atom. The molecule has 3 nitrogen and oxygen atoms in total. The van der Waals surface area contributed by atoms with Crippen LogP contribution in [-0.2, 0) is 4.79 Å². The molecule has 0 aliphatic heterocycles. The summed E-state index contributed by atoms with van der Waals surface area (Å²) in [7, 11) is 0. The zero-order valence-corrected chi connectivity index (χ0v) is 22.3. The van der Waals surface area contributed by atoms with Gasteiger partial charge in [-0.3, -0.25) is 4.79 Å². The molecule has 0 radical (unpaired) electrons. The molecule has 1 amide bonds. The summed E-state index contributed by atoms with van der Waals surface area (Å²) in [6, 6.07) is 0. The SMILES string of the molecule is C=C1CCCCC1=CC=C1CCCC(C)(CC(C)CCCC(=O)NC(C)(C)CCO)C1CC. The highest BCUT2D eigenvalue weighted by Gasteiger charge is 2.38. The lowest BCUT2D eigenvalue weighted by atomic mass is 9.60. The molecule has 0 heterocycles. The van der Waals surface area contributed by atoms with Crippen LogP contribution in [0.15, 0.2) is 35.5 Å². The van der Waals surface area contributed by atoms with E-state index in [2.05, 4.69) is 44.8 Å². The molecule has 33 heavy (non-hydrogen) atoms. The Kier molecular flexibility index (Phi) is 10.9. The largest absolute Gasteiger partial charge is 0.396 e. The Balaban J connectivity index is 1.92. The third-order valence-electron chi connectivity index (χ3n) is 8.17. The van der Waals surface area contributed by atoms with Crippen molar-refractivity contribution in [3.63, 3.8) is 0 Å². The van der Waals surface area contributed by atoms with Crippen LogP contribution in [-0.4, -0.2) is 23.2 Å². The number of carbonyl (C=O) groups is 1. The summed E-state index contributed by atoms with van der Waals surface area (Å²) in [6.45, 7) is 15.6. The third-order valence-corrected chi connectivity index (χ3v) is 8.17. The molecule has 0 saturated heterocycles. The first-order valence-corrected chi connectivity index (χ1v) is 13.6. The molecular formula is C30H51NO2. The van der Waals surface area contributed by atoms with Crippen LogP contribution in [0.4, 0.5) is 0 Å². The Labute approximate surface area is 204 Å². The van der Waals surface area contributed by atoms with Crippen LogP contribution in [0.3, 0.4) is 0 Å². The summed E-state index contributed by atoms with van der Waals surface area (Å²) in [5, 5.41) is 12.2. The molecule has 2 saturated carbocycles. The molecule has 2 aliphatic rings. The van der Waals surface area contributed by atoms with Gasteiger partial charge in [0.15, 0.2) is 0 Å². The first-order chi connectivity index (χ1) is 15.6. The van der Waals surface area contributed by atoms with Gasteiger partial charge in [-0.05, 0) is 107 Å². The van der Waals surface area contributed by atoms with Gasteiger partial charge in [-0.1, -0.05) is 57.1 Å². The number of hydrogen-bond acceptors (Lipinski definition) is 2. The molecule has 2 fully saturated rings. The van der Waals surface area contributed by atoms with Gasteiger partial charge < -0.3 is 10.4 Å². The van der Waals surface area contributed by atoms with Crippen LogP contribution in [0.25, 0.3) is 0 Å². The smallest absolute Gasteiger partial charge is 0.220 e. The number of rotatable bonds is 11. The quantitative estimate of drug-likeness (QED) is 0.334. The van der Waals surface area contributed by atoms with Gasteiger partial charge in [0.05, 0.1) is 0 Å². The fourth-order valence-electron chi connectivity index (χ4n) is 6.38. The van der Waals surface area contributed by atoms with Gasteiger partial charge in [0.2, 0.25) is 5.91 Å². The van der Waals surface area contributed by atoms with E-state index in [0.29, 0.717) is 30.1 Å². The molecular weight excluding hydrogens is 406 g/mol. The van der Waals surface area contributed by atoms with Crippen LogP contribution in [0, 0.1) is 17.3 Å². The zero-order chi connectivity index (χ0) is 24.5. The van der Waals surface area contributed by atoms with Gasteiger partial charge in [0, 0.05) is 18.6 Å². The lowest BCUT2D eigenvalue weighted by molar-refractivity contribution is -0.123. The fourth-order valence-corrected chi connectivity index (χ4v) is 6.38. The summed E-state index contributed by atoms with van der Waals surface area (Å²) < 4.78 is 0. The predicted molar refractivity (Wildman–Crippen MR) is 141 cm³/mol. The lowest BCUT2D eigenvalue weighted by Gasteiger charge is -2.44. The average molecular weight is 458 g/mol. The molecule has 188 valence electrons. The van der Waals surface area contributed by atoms with Crippen LogP contribution in [0.2, 0.25) is 0 Å². The Hall–Kier alpha value is -1.35. The highest BCUT2D eigenvalue weighted by Crippen LogP contribution is 2.50.